The van der Waals surface area contributed by atoms with Crippen LogP contribution in [0.4, 0.5) is 0 Å². The number of esters is 1. The Morgan fingerprint density at radius 3 is 2.25 bits per heavy atom. The molecule has 0 spiro atoms. The smallest absolute Gasteiger partial charge is 1.00 e. The number of ether oxygens (including phenoxy) is 1. The molecular formula is C11H23NaO4. The third kappa shape index (κ3) is 10.9. The normalized spacial score (nSPS) is 10.4. The van der Waals surface area contributed by atoms with E-state index in [0.29, 0.717) is 12.3 Å². The maximum atomic E-state index is 11.2. The van der Waals surface area contributed by atoms with Crippen molar-refractivity contribution in [2.24, 2.45) is 5.92 Å². The first kappa shape index (κ1) is 18.7. The number of hydrogen-bond acceptors (Lipinski definition) is 4. The first-order chi connectivity index (χ1) is 7.10. The Kier molecular flexibility index (Phi) is 13.9. The first-order valence-corrected chi connectivity index (χ1v) is 5.51. The average molecular weight is 242 g/mol. The summed E-state index contributed by atoms with van der Waals surface area (Å²) in [6.45, 7) is 3.64. The molecule has 92 valence electrons. The van der Waals surface area contributed by atoms with Crippen LogP contribution in [0.25, 0.3) is 0 Å². The van der Waals surface area contributed by atoms with E-state index in [2.05, 4.69) is 13.8 Å². The zero-order valence-electron chi connectivity index (χ0n) is 11.6. The molecule has 2 N–H and O–H groups in total. The van der Waals surface area contributed by atoms with E-state index >= 15 is 0 Å². The van der Waals surface area contributed by atoms with Crippen molar-refractivity contribution in [2.75, 3.05) is 13.2 Å². The second-order valence-electron chi connectivity index (χ2n) is 4.12. The molecule has 0 bridgehead atoms. The van der Waals surface area contributed by atoms with E-state index in [1.54, 1.807) is 0 Å². The summed E-state index contributed by atoms with van der Waals surface area (Å²) in [6, 6.07) is 0. The third-order valence-corrected chi connectivity index (χ3v) is 2.12. The van der Waals surface area contributed by atoms with Crippen molar-refractivity contribution in [2.45, 2.75) is 45.6 Å². The van der Waals surface area contributed by atoms with Crippen molar-refractivity contribution < 1.29 is 50.7 Å². The van der Waals surface area contributed by atoms with E-state index < -0.39 is 6.10 Å². The van der Waals surface area contributed by atoms with Gasteiger partial charge in [0, 0.05) is 6.42 Å². The van der Waals surface area contributed by atoms with Crippen LogP contribution in [-0.2, 0) is 9.53 Å². The van der Waals surface area contributed by atoms with Gasteiger partial charge in [0.25, 0.3) is 0 Å². The molecule has 5 heteroatoms. The van der Waals surface area contributed by atoms with Gasteiger partial charge in [0.15, 0.2) is 0 Å². The maximum absolute atomic E-state index is 11.2. The number of aliphatic hydroxyl groups is 2. The van der Waals surface area contributed by atoms with Crippen molar-refractivity contribution in [3.05, 3.63) is 0 Å². The monoisotopic (exact) mass is 242 g/mol. The quantitative estimate of drug-likeness (QED) is 0.300. The molecule has 0 aromatic rings. The number of hydrogen-bond donors (Lipinski definition) is 2. The van der Waals surface area contributed by atoms with Crippen LogP contribution >= 0.6 is 0 Å². The van der Waals surface area contributed by atoms with Crippen molar-refractivity contribution in [1.82, 2.24) is 0 Å². The van der Waals surface area contributed by atoms with Crippen molar-refractivity contribution in [3.8, 4) is 0 Å². The minimum Gasteiger partial charge on any atom is -1.00 e. The van der Waals surface area contributed by atoms with Crippen molar-refractivity contribution in [1.29, 1.82) is 0 Å². The van der Waals surface area contributed by atoms with Gasteiger partial charge in [0.1, 0.15) is 6.10 Å². The van der Waals surface area contributed by atoms with E-state index in [-0.39, 0.29) is 50.2 Å². The minimum atomic E-state index is -0.761. The summed E-state index contributed by atoms with van der Waals surface area (Å²) in [5.74, 6) is 0.315. The molecule has 4 nitrogen and oxygen atoms in total. The van der Waals surface area contributed by atoms with Crippen LogP contribution in [0.15, 0.2) is 0 Å². The van der Waals surface area contributed by atoms with Gasteiger partial charge in [-0.3, -0.25) is 4.79 Å². The summed E-state index contributed by atoms with van der Waals surface area (Å²) in [5.41, 5.74) is 0. The fraction of sp³-hybridized carbons (Fsp3) is 0.909. The SMILES string of the molecule is CC(C)CCCCC(=O)OC(CO)CO.[H-].[Na+]. The number of aliphatic hydroxyl groups excluding tert-OH is 2. The van der Waals surface area contributed by atoms with Crippen LogP contribution in [0.5, 0.6) is 0 Å². The summed E-state index contributed by atoms with van der Waals surface area (Å²) >= 11 is 0. The van der Waals surface area contributed by atoms with Crippen LogP contribution in [0, 0.1) is 5.92 Å². The van der Waals surface area contributed by atoms with Gasteiger partial charge in [-0.1, -0.05) is 26.7 Å². The van der Waals surface area contributed by atoms with Crippen molar-refractivity contribution in [3.63, 3.8) is 0 Å². The molecule has 16 heavy (non-hydrogen) atoms. The molecule has 0 saturated heterocycles. The van der Waals surface area contributed by atoms with Gasteiger partial charge >= 0.3 is 35.5 Å². The van der Waals surface area contributed by atoms with Gasteiger partial charge in [-0.25, -0.2) is 0 Å². The Labute approximate surface area is 121 Å². The summed E-state index contributed by atoms with van der Waals surface area (Å²) < 4.78 is 4.82. The number of carbonyl (C=O) groups is 1. The summed E-state index contributed by atoms with van der Waals surface area (Å²) in [6.07, 6.45) is 2.53. The Hall–Kier alpha value is 0.390. The summed E-state index contributed by atoms with van der Waals surface area (Å²) in [5, 5.41) is 17.4. The summed E-state index contributed by atoms with van der Waals surface area (Å²) in [4.78, 5) is 11.2. The van der Waals surface area contributed by atoms with Crippen LogP contribution in [-0.4, -0.2) is 35.5 Å². The second kappa shape index (κ2) is 11.9. The van der Waals surface area contributed by atoms with E-state index in [9.17, 15) is 4.79 Å². The van der Waals surface area contributed by atoms with Crippen LogP contribution in [0.2, 0.25) is 0 Å². The predicted molar refractivity (Wildman–Crippen MR) is 58.5 cm³/mol. The van der Waals surface area contributed by atoms with Gasteiger partial charge in [0.2, 0.25) is 0 Å². The summed E-state index contributed by atoms with van der Waals surface area (Å²) in [7, 11) is 0. The molecule has 0 unspecified atom stereocenters. The van der Waals surface area contributed by atoms with Gasteiger partial charge < -0.3 is 16.4 Å². The first-order valence-electron chi connectivity index (χ1n) is 5.51. The van der Waals surface area contributed by atoms with E-state index in [0.717, 1.165) is 19.3 Å². The van der Waals surface area contributed by atoms with Crippen molar-refractivity contribution >= 4 is 5.97 Å². The second-order valence-corrected chi connectivity index (χ2v) is 4.12. The number of unbranched alkanes of at least 4 members (excludes halogenated alkanes) is 1. The molecule has 0 fully saturated rings. The molecule has 0 aromatic heterocycles. The van der Waals surface area contributed by atoms with E-state index in [1.165, 1.54) is 0 Å². The molecule has 0 aliphatic carbocycles. The Morgan fingerprint density at radius 2 is 1.81 bits per heavy atom. The third-order valence-electron chi connectivity index (χ3n) is 2.12. The van der Waals surface area contributed by atoms with Crippen LogP contribution in [0.3, 0.4) is 0 Å². The Morgan fingerprint density at radius 1 is 1.25 bits per heavy atom. The minimum absolute atomic E-state index is 0. The van der Waals surface area contributed by atoms with Gasteiger partial charge in [-0.2, -0.15) is 0 Å². The molecule has 0 saturated carbocycles. The number of rotatable bonds is 8. The maximum Gasteiger partial charge on any atom is 1.00 e. The zero-order chi connectivity index (χ0) is 11.7. The van der Waals surface area contributed by atoms with Gasteiger partial charge in [-0.15, -0.1) is 0 Å². The molecule has 0 atom stereocenters. The van der Waals surface area contributed by atoms with Gasteiger partial charge in [-0.05, 0) is 12.3 Å². The van der Waals surface area contributed by atoms with E-state index in [1.807, 2.05) is 0 Å². The zero-order valence-corrected chi connectivity index (χ0v) is 12.6. The molecule has 0 aliphatic heterocycles. The molecular weight excluding hydrogens is 219 g/mol. The van der Waals surface area contributed by atoms with Gasteiger partial charge in [0.05, 0.1) is 13.2 Å². The van der Waals surface area contributed by atoms with Crippen LogP contribution < -0.4 is 29.6 Å². The molecule has 0 amide bonds. The number of carbonyl (C=O) groups excluding carboxylic acids is 1. The standard InChI is InChI=1S/C11H22O4.Na.H/c1-9(2)5-3-4-6-11(14)15-10(7-12)8-13;;/h9-10,12-13H,3-8H2,1-2H3;;/q;+1;-1. The molecule has 0 aromatic carbocycles. The Bertz CT molecular complexity index is 175. The fourth-order valence-electron chi connectivity index (χ4n) is 1.20. The molecule has 0 radical (unpaired) electrons. The Balaban J connectivity index is -0.000000980. The largest absolute Gasteiger partial charge is 1.00 e. The fourth-order valence-corrected chi connectivity index (χ4v) is 1.20. The van der Waals surface area contributed by atoms with Crippen LogP contribution in [0.1, 0.15) is 41.0 Å². The molecule has 0 heterocycles. The average Bonchev–Trinajstić information content (AvgIpc) is 2.20. The molecule has 0 rings (SSSR count). The predicted octanol–water partition coefficient (Wildman–Crippen LogP) is -1.78. The topological polar surface area (TPSA) is 66.8 Å². The molecule has 0 aliphatic rings. The van der Waals surface area contributed by atoms with E-state index in [4.69, 9.17) is 14.9 Å².